The van der Waals surface area contributed by atoms with Gasteiger partial charge in [-0.3, -0.25) is 19.8 Å². The van der Waals surface area contributed by atoms with Gasteiger partial charge >= 0.3 is 0 Å². The monoisotopic (exact) mass is 313 g/mol. The molecule has 23 heavy (non-hydrogen) atoms. The minimum Gasteiger partial charge on any atom is -0.355 e. The smallest absolute Gasteiger partial charge is 0.269 e. The Bertz CT molecular complexity index is 698. The summed E-state index contributed by atoms with van der Waals surface area (Å²) in [5.74, 6) is -0.110. The van der Waals surface area contributed by atoms with Crippen LogP contribution in [0.4, 0.5) is 5.69 Å². The number of carbonyl (C=O) groups excluding carboxylic acids is 1. The van der Waals surface area contributed by atoms with Gasteiger partial charge in [-0.05, 0) is 30.3 Å². The molecule has 0 heterocycles. The molecule has 0 aromatic heterocycles. The lowest BCUT2D eigenvalue weighted by Gasteiger charge is -2.17. The third-order valence-corrected chi connectivity index (χ3v) is 3.47. The van der Waals surface area contributed by atoms with E-state index in [4.69, 9.17) is 0 Å². The lowest BCUT2D eigenvalue weighted by molar-refractivity contribution is -0.384. The van der Waals surface area contributed by atoms with E-state index in [2.05, 4.69) is 10.2 Å². The van der Waals surface area contributed by atoms with E-state index in [1.54, 1.807) is 31.3 Å². The first-order valence-corrected chi connectivity index (χ1v) is 7.22. The van der Waals surface area contributed by atoms with Crippen LogP contribution < -0.4 is 5.32 Å². The predicted octanol–water partition coefficient (Wildman–Crippen LogP) is 2.59. The van der Waals surface area contributed by atoms with E-state index >= 15 is 0 Å². The topological polar surface area (TPSA) is 75.5 Å². The molecule has 1 N–H and O–H groups in total. The standard InChI is InChI=1S/C17H19N3O3/c1-18-17(21)15-8-6-13(7-9-15)11-19(2)12-14-4-3-5-16(10-14)20(22)23/h3-10H,11-12H2,1-2H3,(H,18,21). The normalized spacial score (nSPS) is 10.6. The van der Waals surface area contributed by atoms with Crippen LogP contribution >= 0.6 is 0 Å². The number of hydrogen-bond donors (Lipinski definition) is 1. The van der Waals surface area contributed by atoms with Gasteiger partial charge in [-0.1, -0.05) is 24.3 Å². The van der Waals surface area contributed by atoms with Crippen molar-refractivity contribution in [1.82, 2.24) is 10.2 Å². The fourth-order valence-electron chi connectivity index (χ4n) is 2.35. The summed E-state index contributed by atoms with van der Waals surface area (Å²) in [5, 5.41) is 13.4. The third-order valence-electron chi connectivity index (χ3n) is 3.47. The first kappa shape index (κ1) is 16.6. The summed E-state index contributed by atoms with van der Waals surface area (Å²) in [6.07, 6.45) is 0. The van der Waals surface area contributed by atoms with Gasteiger partial charge in [0.25, 0.3) is 11.6 Å². The number of nitro groups is 1. The molecule has 120 valence electrons. The van der Waals surface area contributed by atoms with Crippen LogP contribution in [0.5, 0.6) is 0 Å². The van der Waals surface area contributed by atoms with Crippen molar-refractivity contribution in [3.63, 3.8) is 0 Å². The first-order chi connectivity index (χ1) is 11.0. The number of non-ortho nitro benzene ring substituents is 1. The summed E-state index contributed by atoms with van der Waals surface area (Å²) in [7, 11) is 3.55. The number of amides is 1. The Morgan fingerprint density at radius 3 is 2.39 bits per heavy atom. The Morgan fingerprint density at radius 2 is 1.78 bits per heavy atom. The van der Waals surface area contributed by atoms with Crippen LogP contribution in [0, 0.1) is 10.1 Å². The molecule has 2 aromatic rings. The Kier molecular flexibility index (Phi) is 5.43. The van der Waals surface area contributed by atoms with Gasteiger partial charge in [-0.2, -0.15) is 0 Å². The third kappa shape index (κ3) is 4.62. The molecule has 0 radical (unpaired) electrons. The van der Waals surface area contributed by atoms with Crippen LogP contribution in [0.25, 0.3) is 0 Å². The van der Waals surface area contributed by atoms with Crippen molar-refractivity contribution in [2.45, 2.75) is 13.1 Å². The number of benzene rings is 2. The maximum atomic E-state index is 11.5. The molecule has 0 aliphatic carbocycles. The molecule has 2 aromatic carbocycles. The Balaban J connectivity index is 1.99. The highest BCUT2D eigenvalue weighted by Gasteiger charge is 2.08. The number of rotatable bonds is 6. The molecule has 0 spiro atoms. The SMILES string of the molecule is CNC(=O)c1ccc(CN(C)Cc2cccc([N+](=O)[O-])c2)cc1. The van der Waals surface area contributed by atoms with Crippen molar-refractivity contribution in [2.24, 2.45) is 0 Å². The lowest BCUT2D eigenvalue weighted by Crippen LogP contribution is -2.19. The first-order valence-electron chi connectivity index (χ1n) is 7.22. The van der Waals surface area contributed by atoms with Crippen molar-refractivity contribution in [3.05, 3.63) is 75.3 Å². The Labute approximate surface area is 134 Å². The predicted molar refractivity (Wildman–Crippen MR) is 88.1 cm³/mol. The van der Waals surface area contributed by atoms with Gasteiger partial charge in [0.15, 0.2) is 0 Å². The maximum absolute atomic E-state index is 11.5. The van der Waals surface area contributed by atoms with Gasteiger partial charge in [0.2, 0.25) is 0 Å². The molecular weight excluding hydrogens is 294 g/mol. The summed E-state index contributed by atoms with van der Waals surface area (Å²) in [5.41, 5.74) is 2.69. The van der Waals surface area contributed by atoms with Crippen LogP contribution in [-0.4, -0.2) is 29.8 Å². The molecule has 0 unspecified atom stereocenters. The zero-order valence-corrected chi connectivity index (χ0v) is 13.2. The van der Waals surface area contributed by atoms with E-state index in [-0.39, 0.29) is 16.5 Å². The van der Waals surface area contributed by atoms with E-state index in [1.165, 1.54) is 6.07 Å². The molecule has 6 heteroatoms. The highest BCUT2D eigenvalue weighted by Crippen LogP contribution is 2.15. The summed E-state index contributed by atoms with van der Waals surface area (Å²) in [6.45, 7) is 1.30. The number of nitrogens with one attached hydrogen (secondary N) is 1. The average Bonchev–Trinajstić information content (AvgIpc) is 2.55. The Morgan fingerprint density at radius 1 is 1.13 bits per heavy atom. The van der Waals surface area contributed by atoms with E-state index in [0.29, 0.717) is 18.7 Å². The molecular formula is C17H19N3O3. The summed E-state index contributed by atoms with van der Waals surface area (Å²) in [4.78, 5) is 24.0. The molecule has 0 bridgehead atoms. The molecule has 1 amide bonds. The maximum Gasteiger partial charge on any atom is 0.269 e. The van der Waals surface area contributed by atoms with E-state index in [0.717, 1.165) is 11.1 Å². The zero-order valence-electron chi connectivity index (χ0n) is 13.2. The van der Waals surface area contributed by atoms with Gasteiger partial charge < -0.3 is 5.32 Å². The van der Waals surface area contributed by atoms with Crippen molar-refractivity contribution >= 4 is 11.6 Å². The van der Waals surface area contributed by atoms with Crippen LogP contribution in [0.1, 0.15) is 21.5 Å². The molecule has 0 aliphatic heterocycles. The van der Waals surface area contributed by atoms with Crippen LogP contribution in [0.3, 0.4) is 0 Å². The number of nitro benzene ring substituents is 1. The molecule has 0 aliphatic rings. The molecule has 2 rings (SSSR count). The van der Waals surface area contributed by atoms with Crippen molar-refractivity contribution in [3.8, 4) is 0 Å². The molecule has 0 atom stereocenters. The fraction of sp³-hybridized carbons (Fsp3) is 0.235. The minimum absolute atomic E-state index is 0.103. The fourth-order valence-corrected chi connectivity index (χ4v) is 2.35. The minimum atomic E-state index is -0.388. The highest BCUT2D eigenvalue weighted by atomic mass is 16.6. The molecule has 0 fully saturated rings. The van der Waals surface area contributed by atoms with Gasteiger partial charge in [0.1, 0.15) is 0 Å². The second-order valence-corrected chi connectivity index (χ2v) is 5.38. The zero-order chi connectivity index (χ0) is 16.8. The van der Waals surface area contributed by atoms with Gasteiger partial charge in [0, 0.05) is 37.8 Å². The summed E-state index contributed by atoms with van der Waals surface area (Å²) < 4.78 is 0. The van der Waals surface area contributed by atoms with E-state index in [1.807, 2.05) is 25.2 Å². The average molecular weight is 313 g/mol. The molecule has 0 saturated heterocycles. The van der Waals surface area contributed by atoms with Crippen LogP contribution in [0.15, 0.2) is 48.5 Å². The van der Waals surface area contributed by atoms with Crippen molar-refractivity contribution < 1.29 is 9.72 Å². The van der Waals surface area contributed by atoms with E-state index in [9.17, 15) is 14.9 Å². The number of hydrogen-bond acceptors (Lipinski definition) is 4. The Hall–Kier alpha value is -2.73. The van der Waals surface area contributed by atoms with Crippen molar-refractivity contribution in [1.29, 1.82) is 0 Å². The summed E-state index contributed by atoms with van der Waals surface area (Å²) in [6, 6.07) is 14.0. The molecule has 0 saturated carbocycles. The summed E-state index contributed by atoms with van der Waals surface area (Å²) >= 11 is 0. The lowest BCUT2D eigenvalue weighted by atomic mass is 10.1. The quantitative estimate of drug-likeness (QED) is 0.657. The second kappa shape index (κ2) is 7.51. The van der Waals surface area contributed by atoms with Gasteiger partial charge in [0.05, 0.1) is 4.92 Å². The van der Waals surface area contributed by atoms with Crippen molar-refractivity contribution in [2.75, 3.05) is 14.1 Å². The van der Waals surface area contributed by atoms with Gasteiger partial charge in [-0.25, -0.2) is 0 Å². The largest absolute Gasteiger partial charge is 0.355 e. The van der Waals surface area contributed by atoms with Gasteiger partial charge in [-0.15, -0.1) is 0 Å². The second-order valence-electron chi connectivity index (χ2n) is 5.38. The van der Waals surface area contributed by atoms with Crippen LogP contribution in [-0.2, 0) is 13.1 Å². The number of carbonyl (C=O) groups is 1. The number of nitrogens with zero attached hydrogens (tertiary/aromatic N) is 2. The highest BCUT2D eigenvalue weighted by molar-refractivity contribution is 5.93. The van der Waals surface area contributed by atoms with E-state index < -0.39 is 0 Å². The molecule has 6 nitrogen and oxygen atoms in total. The van der Waals surface area contributed by atoms with Crippen LogP contribution in [0.2, 0.25) is 0 Å².